The Balaban J connectivity index is 2.64. The monoisotopic (exact) mass is 356 g/mol. The number of aryl methyl sites for hydroxylation is 1. The molecule has 0 spiro atoms. The number of carbonyl (C=O) groups excluding carboxylic acids is 2. The van der Waals surface area contributed by atoms with E-state index in [2.05, 4.69) is 38.1 Å². The van der Waals surface area contributed by atoms with Crippen LogP contribution >= 0.6 is 15.9 Å². The molecule has 0 atom stereocenters. The van der Waals surface area contributed by atoms with E-state index >= 15 is 0 Å². The number of anilines is 1. The highest BCUT2D eigenvalue weighted by Gasteiger charge is 2.13. The van der Waals surface area contributed by atoms with E-state index in [1.165, 1.54) is 0 Å². The average molecular weight is 357 g/mol. The molecule has 0 fully saturated rings. The number of nitrogens with zero attached hydrogens (tertiary/aromatic N) is 2. The lowest BCUT2D eigenvalue weighted by Crippen LogP contribution is -2.29. The maximum absolute atomic E-state index is 12.0. The molecule has 0 aliphatic heterocycles. The van der Waals surface area contributed by atoms with E-state index in [4.69, 9.17) is 11.5 Å². The molecule has 9 heteroatoms. The Labute approximate surface area is 130 Å². The number of guanidine groups is 1. The molecule has 0 aliphatic carbocycles. The second-order valence-corrected chi connectivity index (χ2v) is 5.10. The van der Waals surface area contributed by atoms with Crippen LogP contribution in [0.5, 0.6) is 0 Å². The number of aromatic nitrogens is 1. The molecule has 0 unspecified atom stereocenters. The van der Waals surface area contributed by atoms with Crippen molar-refractivity contribution in [2.45, 2.75) is 0 Å². The first-order valence-corrected chi connectivity index (χ1v) is 6.76. The first-order valence-electron chi connectivity index (χ1n) is 5.97. The molecule has 0 bridgehead atoms. The highest BCUT2D eigenvalue weighted by atomic mass is 79.9. The quantitative estimate of drug-likeness (QED) is 0.245. The normalized spacial score (nSPS) is 9.81. The van der Waals surface area contributed by atoms with Gasteiger partial charge in [0.25, 0.3) is 11.8 Å². The van der Waals surface area contributed by atoms with Gasteiger partial charge in [0.1, 0.15) is 5.69 Å². The number of nitrogens with one attached hydrogen (secondary N) is 2. The van der Waals surface area contributed by atoms with Crippen molar-refractivity contribution < 1.29 is 9.59 Å². The van der Waals surface area contributed by atoms with E-state index in [0.717, 1.165) is 0 Å². The fourth-order valence-electron chi connectivity index (χ4n) is 1.50. The van der Waals surface area contributed by atoms with Gasteiger partial charge in [0.2, 0.25) is 0 Å². The van der Waals surface area contributed by atoms with E-state index in [1.807, 2.05) is 0 Å². The van der Waals surface area contributed by atoms with Crippen molar-refractivity contribution >= 4 is 39.4 Å². The number of hydrogen-bond donors (Lipinski definition) is 4. The standard InChI is InChI=1S/C12H17BrN6O2/c1-7(13)10(20)18-8-5-9(19(2)6-8)11(21)16-3-4-17-12(14)15/h5-6H,1,3-4H2,2H3,(H,16,21)(H,18,20)(H4,14,15,17). The van der Waals surface area contributed by atoms with Crippen molar-refractivity contribution in [1.82, 2.24) is 9.88 Å². The van der Waals surface area contributed by atoms with Gasteiger partial charge in [-0.25, -0.2) is 0 Å². The molecule has 1 heterocycles. The highest BCUT2D eigenvalue weighted by molar-refractivity contribution is 9.12. The predicted molar refractivity (Wildman–Crippen MR) is 85.1 cm³/mol. The molecular weight excluding hydrogens is 340 g/mol. The SMILES string of the molecule is C=C(Br)C(=O)Nc1cc(C(=O)NCCN=C(N)N)n(C)c1. The zero-order valence-electron chi connectivity index (χ0n) is 11.5. The van der Waals surface area contributed by atoms with Gasteiger partial charge in [0.15, 0.2) is 5.96 Å². The van der Waals surface area contributed by atoms with Gasteiger partial charge in [-0.1, -0.05) is 6.58 Å². The zero-order valence-corrected chi connectivity index (χ0v) is 13.1. The minimum absolute atomic E-state index is 0.0249. The Bertz CT molecular complexity index is 589. The lowest BCUT2D eigenvalue weighted by molar-refractivity contribution is -0.112. The summed E-state index contributed by atoms with van der Waals surface area (Å²) in [7, 11) is 1.70. The minimum Gasteiger partial charge on any atom is -0.370 e. The van der Waals surface area contributed by atoms with Gasteiger partial charge in [0.05, 0.1) is 16.7 Å². The Kier molecular flexibility index (Phi) is 5.97. The minimum atomic E-state index is -0.375. The molecular formula is C12H17BrN6O2. The number of nitrogens with two attached hydrogens (primary N) is 2. The molecule has 1 rings (SSSR count). The van der Waals surface area contributed by atoms with E-state index in [0.29, 0.717) is 24.5 Å². The van der Waals surface area contributed by atoms with Gasteiger partial charge < -0.3 is 26.7 Å². The fourth-order valence-corrected chi connectivity index (χ4v) is 1.60. The summed E-state index contributed by atoms with van der Waals surface area (Å²) >= 11 is 2.98. The van der Waals surface area contributed by atoms with Crippen molar-refractivity contribution in [2.75, 3.05) is 18.4 Å². The number of rotatable bonds is 6. The molecule has 1 aromatic rings. The van der Waals surface area contributed by atoms with Crippen molar-refractivity contribution in [1.29, 1.82) is 0 Å². The van der Waals surface area contributed by atoms with Crippen molar-refractivity contribution in [3.05, 3.63) is 29.0 Å². The first kappa shape index (κ1) is 16.8. The first-order chi connectivity index (χ1) is 9.81. The molecule has 2 amide bonds. The summed E-state index contributed by atoms with van der Waals surface area (Å²) in [6.45, 7) is 4.07. The summed E-state index contributed by atoms with van der Waals surface area (Å²) in [6.07, 6.45) is 1.62. The molecule has 0 aliphatic rings. The van der Waals surface area contributed by atoms with Crippen LogP contribution in [-0.2, 0) is 11.8 Å². The Morgan fingerprint density at radius 1 is 1.48 bits per heavy atom. The molecule has 8 nitrogen and oxygen atoms in total. The Morgan fingerprint density at radius 3 is 2.71 bits per heavy atom. The molecule has 114 valence electrons. The van der Waals surface area contributed by atoms with Gasteiger partial charge in [-0.15, -0.1) is 0 Å². The maximum atomic E-state index is 12.0. The van der Waals surface area contributed by atoms with Gasteiger partial charge in [0, 0.05) is 19.8 Å². The van der Waals surface area contributed by atoms with Crippen molar-refractivity contribution in [2.24, 2.45) is 23.5 Å². The average Bonchev–Trinajstić information content (AvgIpc) is 2.75. The molecule has 0 radical (unpaired) electrons. The third-order valence-electron chi connectivity index (χ3n) is 2.43. The van der Waals surface area contributed by atoms with Gasteiger partial charge >= 0.3 is 0 Å². The number of hydrogen-bond acceptors (Lipinski definition) is 3. The van der Waals surface area contributed by atoms with E-state index in [9.17, 15) is 9.59 Å². The number of halogens is 1. The highest BCUT2D eigenvalue weighted by Crippen LogP contribution is 2.14. The summed E-state index contributed by atoms with van der Waals surface area (Å²) in [6, 6.07) is 1.56. The molecule has 0 saturated carbocycles. The maximum Gasteiger partial charge on any atom is 0.268 e. The summed E-state index contributed by atoms with van der Waals surface area (Å²) in [4.78, 5) is 27.2. The van der Waals surface area contributed by atoms with Crippen molar-refractivity contribution in [3.8, 4) is 0 Å². The van der Waals surface area contributed by atoms with Crippen LogP contribution in [0.4, 0.5) is 5.69 Å². The molecule has 0 aromatic carbocycles. The van der Waals surface area contributed by atoms with Gasteiger partial charge in [-0.3, -0.25) is 14.6 Å². The molecule has 1 aromatic heterocycles. The summed E-state index contributed by atoms with van der Waals surface area (Å²) in [5, 5.41) is 5.27. The van der Waals surface area contributed by atoms with Gasteiger partial charge in [-0.2, -0.15) is 0 Å². The van der Waals surface area contributed by atoms with E-state index in [1.54, 1.807) is 23.9 Å². The van der Waals surface area contributed by atoms with E-state index < -0.39 is 0 Å². The number of amides is 2. The third kappa shape index (κ3) is 5.30. The van der Waals surface area contributed by atoms with Crippen LogP contribution in [0.15, 0.2) is 28.3 Å². The smallest absolute Gasteiger partial charge is 0.268 e. The largest absolute Gasteiger partial charge is 0.370 e. The summed E-state index contributed by atoms with van der Waals surface area (Å²) in [5.41, 5.74) is 11.3. The number of aliphatic imine (C=N–C) groups is 1. The van der Waals surface area contributed by atoms with Gasteiger partial charge in [-0.05, 0) is 22.0 Å². The summed E-state index contributed by atoms with van der Waals surface area (Å²) < 4.78 is 1.80. The number of carbonyl (C=O) groups is 2. The van der Waals surface area contributed by atoms with Crippen LogP contribution in [0, 0.1) is 0 Å². The van der Waals surface area contributed by atoms with Crippen LogP contribution in [0.25, 0.3) is 0 Å². The van der Waals surface area contributed by atoms with Crippen LogP contribution in [0.1, 0.15) is 10.5 Å². The summed E-state index contributed by atoms with van der Waals surface area (Å²) in [5.74, 6) is -0.690. The zero-order chi connectivity index (χ0) is 16.0. The lowest BCUT2D eigenvalue weighted by Gasteiger charge is -2.04. The van der Waals surface area contributed by atoms with Crippen LogP contribution in [-0.4, -0.2) is 35.4 Å². The predicted octanol–water partition coefficient (Wildman–Crippen LogP) is -0.125. The lowest BCUT2D eigenvalue weighted by atomic mass is 10.3. The molecule has 0 saturated heterocycles. The Morgan fingerprint density at radius 2 is 2.14 bits per heavy atom. The van der Waals surface area contributed by atoms with Crippen molar-refractivity contribution in [3.63, 3.8) is 0 Å². The molecule has 6 N–H and O–H groups in total. The fraction of sp³-hybridized carbons (Fsp3) is 0.250. The van der Waals surface area contributed by atoms with Crippen LogP contribution in [0.3, 0.4) is 0 Å². The van der Waals surface area contributed by atoms with E-state index in [-0.39, 0.29) is 22.3 Å². The van der Waals surface area contributed by atoms with Crippen LogP contribution in [0.2, 0.25) is 0 Å². The molecule has 21 heavy (non-hydrogen) atoms. The Hall–Kier alpha value is -2.29. The second-order valence-electron chi connectivity index (χ2n) is 4.15. The second kappa shape index (κ2) is 7.48. The topological polar surface area (TPSA) is 128 Å². The third-order valence-corrected chi connectivity index (χ3v) is 2.79. The van der Waals surface area contributed by atoms with Crippen LogP contribution < -0.4 is 22.1 Å².